The average molecular weight is 683 g/mol. The van der Waals surface area contributed by atoms with Gasteiger partial charge in [-0.05, 0) is 60.3 Å². The minimum absolute atomic E-state index is 0. The maximum Gasteiger partial charge on any atom is 0.267 e. The van der Waals surface area contributed by atoms with Gasteiger partial charge in [-0.2, -0.15) is 0 Å². The number of pyridine rings is 2. The molecule has 2 bridgehead atoms. The monoisotopic (exact) mass is 683 g/mol. The first-order valence-electron chi connectivity index (χ1n) is 12.9. The van der Waals surface area contributed by atoms with Gasteiger partial charge in [0.2, 0.25) is 0 Å². The summed E-state index contributed by atoms with van der Waals surface area (Å²) in [5.74, 6) is 1.61. The van der Waals surface area contributed by atoms with E-state index in [1.807, 2.05) is 43.4 Å². The molecule has 0 aliphatic heterocycles. The third-order valence-electron chi connectivity index (χ3n) is 7.50. The van der Waals surface area contributed by atoms with E-state index in [2.05, 4.69) is 58.6 Å². The largest absolute Gasteiger partial charge is 0.348 e. The van der Waals surface area contributed by atoms with E-state index >= 15 is 0 Å². The second kappa shape index (κ2) is 10.2. The molecule has 8 rings (SSSR count). The number of hydrogen-bond acceptors (Lipinski definition) is 5. The smallest absolute Gasteiger partial charge is 0.267 e. The zero-order chi connectivity index (χ0) is 25.7. The van der Waals surface area contributed by atoms with Gasteiger partial charge >= 0.3 is 0 Å². The van der Waals surface area contributed by atoms with Crippen LogP contribution in [0, 0.1) is 12.1 Å². The third-order valence-corrected chi connectivity index (χ3v) is 7.50. The molecule has 1 saturated carbocycles. The molecule has 0 unspecified atom stereocenters. The molecule has 5 aromatic rings. The third kappa shape index (κ3) is 4.72. The number of benzene rings is 1. The quantitative estimate of drug-likeness (QED) is 0.176. The molecule has 1 fully saturated rings. The molecule has 7 nitrogen and oxygen atoms in total. The number of nitrogens with zero attached hydrogens (tertiary/aromatic N) is 6. The van der Waals surface area contributed by atoms with Gasteiger partial charge in [-0.25, -0.2) is 10.1 Å². The van der Waals surface area contributed by atoms with Crippen molar-refractivity contribution in [2.75, 3.05) is 0 Å². The summed E-state index contributed by atoms with van der Waals surface area (Å²) in [7, 11) is 1.85. The van der Waals surface area contributed by atoms with Crippen molar-refractivity contribution < 1.29 is 20.1 Å². The van der Waals surface area contributed by atoms with Crippen LogP contribution in [0.5, 0.6) is 0 Å². The Bertz CT molecular complexity index is 1660. The number of aryl methyl sites for hydroxylation is 1. The molecule has 38 heavy (non-hydrogen) atoms. The molecule has 0 N–H and O–H groups in total. The SMILES string of the molecule is CC(C)(C)c1c[c-]c2c(ccn3c4c(c(=O)nc23)C2CCC4CC2)n1.Cn1cnc(-c2[c-]cccc2)n1.[Ir]. The molecule has 4 heterocycles. The number of hydrogen-bond donors (Lipinski definition) is 0. The first kappa shape index (κ1) is 26.4. The van der Waals surface area contributed by atoms with E-state index in [-0.39, 0.29) is 31.1 Å². The summed E-state index contributed by atoms with van der Waals surface area (Å²) in [6, 6.07) is 18.1. The van der Waals surface area contributed by atoms with E-state index in [0.29, 0.717) is 17.5 Å². The molecule has 4 aromatic heterocycles. The Morgan fingerprint density at radius 2 is 1.76 bits per heavy atom. The molecule has 0 saturated heterocycles. The maximum absolute atomic E-state index is 12.8. The van der Waals surface area contributed by atoms with Crippen LogP contribution in [0.1, 0.15) is 75.2 Å². The first-order valence-corrected chi connectivity index (χ1v) is 12.9. The van der Waals surface area contributed by atoms with Crippen LogP contribution in [-0.2, 0) is 32.6 Å². The van der Waals surface area contributed by atoms with E-state index in [0.717, 1.165) is 46.4 Å². The molecular formula is C30H30IrN6O-2. The van der Waals surface area contributed by atoms with Crippen molar-refractivity contribution in [2.45, 2.75) is 63.7 Å². The standard InChI is InChI=1S/C21H22N3O.C9H8N3.Ir/c1-21(2,3)16-9-8-14-15(22-16)10-11-24-18-13-6-4-12(5-7-13)17(18)20(25)23-19(14)24;1-12-7-10-9(11-12)8-5-3-2-4-6-8;/h9-13H,4-7H2,1-3H3;2-5,7H,1H3;/q2*-1;. The molecule has 1 aromatic carbocycles. The van der Waals surface area contributed by atoms with Gasteiger partial charge in [0.05, 0.1) is 11.5 Å². The van der Waals surface area contributed by atoms with Gasteiger partial charge in [0.15, 0.2) is 0 Å². The Labute approximate surface area is 235 Å². The first-order chi connectivity index (χ1) is 17.8. The van der Waals surface area contributed by atoms with Crippen LogP contribution >= 0.6 is 0 Å². The van der Waals surface area contributed by atoms with Crippen molar-refractivity contribution in [2.24, 2.45) is 7.05 Å². The normalized spacial score (nSPS) is 18.0. The summed E-state index contributed by atoms with van der Waals surface area (Å²) >= 11 is 0. The molecule has 3 aliphatic carbocycles. The predicted octanol–water partition coefficient (Wildman–Crippen LogP) is 5.37. The van der Waals surface area contributed by atoms with Crippen molar-refractivity contribution in [1.29, 1.82) is 0 Å². The van der Waals surface area contributed by atoms with Crippen LogP contribution in [0.2, 0.25) is 0 Å². The number of rotatable bonds is 1. The van der Waals surface area contributed by atoms with Crippen LogP contribution < -0.4 is 5.56 Å². The average Bonchev–Trinajstić information content (AvgIpc) is 3.35. The van der Waals surface area contributed by atoms with Gasteiger partial charge in [-0.15, -0.1) is 48.0 Å². The second-order valence-electron chi connectivity index (χ2n) is 11.1. The molecule has 0 amide bonds. The molecule has 0 atom stereocenters. The van der Waals surface area contributed by atoms with Crippen LogP contribution in [0.25, 0.3) is 27.9 Å². The van der Waals surface area contributed by atoms with Crippen molar-refractivity contribution in [3.8, 4) is 11.4 Å². The van der Waals surface area contributed by atoms with Crippen molar-refractivity contribution >= 4 is 16.6 Å². The van der Waals surface area contributed by atoms with Crippen molar-refractivity contribution in [3.63, 3.8) is 0 Å². The zero-order valence-electron chi connectivity index (χ0n) is 22.0. The fourth-order valence-corrected chi connectivity index (χ4v) is 5.60. The zero-order valence-corrected chi connectivity index (χ0v) is 24.4. The van der Waals surface area contributed by atoms with Crippen molar-refractivity contribution in [3.05, 3.63) is 88.4 Å². The van der Waals surface area contributed by atoms with Gasteiger partial charge in [0.25, 0.3) is 5.56 Å². The Hall–Kier alpha value is -3.22. The van der Waals surface area contributed by atoms with E-state index in [1.165, 1.54) is 18.5 Å². The van der Waals surface area contributed by atoms with E-state index in [1.54, 1.807) is 11.0 Å². The predicted molar refractivity (Wildman–Crippen MR) is 144 cm³/mol. The van der Waals surface area contributed by atoms with Gasteiger partial charge in [-0.3, -0.25) is 14.5 Å². The molecule has 0 spiro atoms. The Morgan fingerprint density at radius 3 is 2.42 bits per heavy atom. The Morgan fingerprint density at radius 1 is 1.00 bits per heavy atom. The summed E-state index contributed by atoms with van der Waals surface area (Å²) in [5, 5.41) is 5.00. The minimum atomic E-state index is -0.0369. The number of fused-ring (bicyclic) bond motifs is 5. The van der Waals surface area contributed by atoms with E-state index < -0.39 is 0 Å². The minimum Gasteiger partial charge on any atom is -0.348 e. The molecule has 1 radical (unpaired) electrons. The summed E-state index contributed by atoms with van der Waals surface area (Å²) in [6.07, 6.45) is 8.37. The van der Waals surface area contributed by atoms with Crippen LogP contribution in [-0.4, -0.2) is 29.1 Å². The van der Waals surface area contributed by atoms with Gasteiger partial charge < -0.3 is 9.38 Å². The molecular weight excluding hydrogens is 653 g/mol. The van der Waals surface area contributed by atoms with Crippen LogP contribution in [0.3, 0.4) is 0 Å². The van der Waals surface area contributed by atoms with Crippen LogP contribution in [0.15, 0.2) is 53.7 Å². The molecule has 197 valence electrons. The molecule has 8 heteroatoms. The topological polar surface area (TPSA) is 78.0 Å². The fraction of sp³-hybridized carbons (Fsp3) is 0.367. The molecule has 3 aliphatic rings. The maximum atomic E-state index is 12.8. The van der Waals surface area contributed by atoms with E-state index in [4.69, 9.17) is 4.98 Å². The van der Waals surface area contributed by atoms with Gasteiger partial charge in [0.1, 0.15) is 6.33 Å². The van der Waals surface area contributed by atoms with Crippen molar-refractivity contribution in [1.82, 2.24) is 29.1 Å². The second-order valence-corrected chi connectivity index (χ2v) is 11.1. The van der Waals surface area contributed by atoms with Gasteiger partial charge in [-0.1, -0.05) is 32.2 Å². The van der Waals surface area contributed by atoms with Gasteiger partial charge in [0, 0.05) is 38.4 Å². The summed E-state index contributed by atoms with van der Waals surface area (Å²) in [5.41, 5.74) is 5.61. The number of aromatic nitrogens is 6. The van der Waals surface area contributed by atoms with E-state index in [9.17, 15) is 4.79 Å². The van der Waals surface area contributed by atoms with Crippen LogP contribution in [0.4, 0.5) is 0 Å². The summed E-state index contributed by atoms with van der Waals surface area (Å²) < 4.78 is 3.82. The summed E-state index contributed by atoms with van der Waals surface area (Å²) in [6.45, 7) is 6.43. The Kier molecular flexibility index (Phi) is 7.05. The fourth-order valence-electron chi connectivity index (χ4n) is 5.60. The Balaban J connectivity index is 0.000000191. The summed E-state index contributed by atoms with van der Waals surface area (Å²) in [4.78, 5) is 26.1.